The first kappa shape index (κ1) is 24.1. The molecule has 1 aliphatic heterocycles. The number of carboxylic acid groups (broad SMARTS) is 1. The Kier molecular flexibility index (Phi) is 6.98. The SMILES string of the molecule is CN(C)c1ccc2c(-c3cc(N=C=S)ccc3C(=O)O)c3ccc(=[N+](C)C)cc-3oc2c1.[Cl-]. The largest absolute Gasteiger partial charge is 1.00 e. The summed E-state index contributed by atoms with van der Waals surface area (Å²) in [6.07, 6.45) is 0. The van der Waals surface area contributed by atoms with Gasteiger partial charge in [-0.2, -0.15) is 4.99 Å². The van der Waals surface area contributed by atoms with Gasteiger partial charge in [-0.3, -0.25) is 0 Å². The maximum Gasteiger partial charge on any atom is 0.336 e. The van der Waals surface area contributed by atoms with Crippen molar-refractivity contribution in [2.75, 3.05) is 33.1 Å². The molecule has 2 aromatic rings. The molecule has 33 heavy (non-hydrogen) atoms. The van der Waals surface area contributed by atoms with Crippen molar-refractivity contribution in [3.63, 3.8) is 0 Å². The summed E-state index contributed by atoms with van der Waals surface area (Å²) < 4.78 is 8.31. The number of nitrogens with zero attached hydrogens (tertiary/aromatic N) is 3. The Morgan fingerprint density at radius 1 is 1.06 bits per heavy atom. The van der Waals surface area contributed by atoms with Crippen molar-refractivity contribution in [3.05, 3.63) is 65.5 Å². The van der Waals surface area contributed by atoms with Gasteiger partial charge in [0.1, 0.15) is 25.4 Å². The lowest BCUT2D eigenvalue weighted by atomic mass is 9.90. The van der Waals surface area contributed by atoms with E-state index in [9.17, 15) is 9.90 Å². The van der Waals surface area contributed by atoms with Crippen LogP contribution in [0.3, 0.4) is 0 Å². The first-order chi connectivity index (χ1) is 15.3. The predicted molar refractivity (Wildman–Crippen MR) is 131 cm³/mol. The molecule has 8 heteroatoms. The van der Waals surface area contributed by atoms with Crippen molar-refractivity contribution in [1.29, 1.82) is 0 Å². The number of carbonyl (C=O) groups is 1. The van der Waals surface area contributed by atoms with Gasteiger partial charge in [0.25, 0.3) is 0 Å². The Hall–Kier alpha value is -3.51. The van der Waals surface area contributed by atoms with Gasteiger partial charge in [0.2, 0.25) is 5.36 Å². The summed E-state index contributed by atoms with van der Waals surface area (Å²) in [6, 6.07) is 16.7. The molecule has 0 unspecified atom stereocenters. The summed E-state index contributed by atoms with van der Waals surface area (Å²) in [6.45, 7) is 0. The molecule has 1 heterocycles. The zero-order valence-corrected chi connectivity index (χ0v) is 20.2. The average molecular weight is 480 g/mol. The summed E-state index contributed by atoms with van der Waals surface area (Å²) in [4.78, 5) is 18.2. The third-order valence-electron chi connectivity index (χ3n) is 5.40. The van der Waals surface area contributed by atoms with E-state index in [4.69, 9.17) is 16.6 Å². The topological polar surface area (TPSA) is 69.1 Å². The van der Waals surface area contributed by atoms with Crippen LogP contribution in [0.2, 0.25) is 0 Å². The Bertz CT molecular complexity index is 1470. The Labute approximate surface area is 202 Å². The minimum Gasteiger partial charge on any atom is -1.00 e. The third-order valence-corrected chi connectivity index (χ3v) is 5.49. The van der Waals surface area contributed by atoms with Crippen molar-refractivity contribution in [2.45, 2.75) is 0 Å². The molecule has 0 aromatic heterocycles. The number of fused-ring (bicyclic) bond motifs is 2. The smallest absolute Gasteiger partial charge is 0.336 e. The van der Waals surface area contributed by atoms with Gasteiger partial charge in [0.05, 0.1) is 22.5 Å². The van der Waals surface area contributed by atoms with Crippen LogP contribution in [0.15, 0.2) is 64.0 Å². The lowest BCUT2D eigenvalue weighted by Gasteiger charge is -2.19. The second kappa shape index (κ2) is 9.55. The molecular formula is C25H22ClN3O3S. The van der Waals surface area contributed by atoms with Gasteiger partial charge in [-0.15, -0.1) is 0 Å². The fourth-order valence-electron chi connectivity index (χ4n) is 3.76. The highest BCUT2D eigenvalue weighted by atomic mass is 35.5. The van der Waals surface area contributed by atoms with Crippen molar-refractivity contribution in [1.82, 2.24) is 4.58 Å². The van der Waals surface area contributed by atoms with Gasteiger partial charge in [0, 0.05) is 48.4 Å². The molecule has 2 aromatic carbocycles. The highest BCUT2D eigenvalue weighted by Gasteiger charge is 2.22. The third kappa shape index (κ3) is 4.52. The van der Waals surface area contributed by atoms with Gasteiger partial charge >= 0.3 is 5.97 Å². The highest BCUT2D eigenvalue weighted by molar-refractivity contribution is 7.78. The van der Waals surface area contributed by atoms with E-state index in [2.05, 4.69) is 10.2 Å². The number of benzene rings is 3. The van der Waals surface area contributed by atoms with Gasteiger partial charge in [-0.1, -0.05) is 0 Å². The van der Waals surface area contributed by atoms with Crippen LogP contribution in [0, 0.1) is 0 Å². The number of carboxylic acids is 1. The number of thiocarbonyl (C=S) groups is 1. The fourth-order valence-corrected chi connectivity index (χ4v) is 3.87. The van der Waals surface area contributed by atoms with E-state index in [1.165, 1.54) is 0 Å². The quantitative estimate of drug-likeness (QED) is 0.209. The second-order valence-corrected chi connectivity index (χ2v) is 8.05. The number of hydrogen-bond donors (Lipinski definition) is 1. The molecular weight excluding hydrogens is 458 g/mol. The zero-order valence-electron chi connectivity index (χ0n) is 18.6. The molecule has 1 N–H and O–H groups in total. The number of hydrogen-bond acceptors (Lipinski definition) is 5. The van der Waals surface area contributed by atoms with Crippen LogP contribution >= 0.6 is 12.2 Å². The Balaban J connectivity index is 0.00000306. The number of anilines is 1. The van der Waals surface area contributed by atoms with Crippen molar-refractivity contribution < 1.29 is 26.7 Å². The minimum atomic E-state index is -1.02. The normalized spacial score (nSPS) is 10.4. The van der Waals surface area contributed by atoms with Gasteiger partial charge < -0.3 is 26.8 Å². The first-order valence-electron chi connectivity index (χ1n) is 9.94. The van der Waals surface area contributed by atoms with E-state index in [1.54, 1.807) is 18.2 Å². The first-order valence-corrected chi connectivity index (χ1v) is 10.3. The number of aromatic carboxylic acids is 1. The van der Waals surface area contributed by atoms with Crippen molar-refractivity contribution in [3.8, 4) is 22.5 Å². The zero-order chi connectivity index (χ0) is 23.0. The molecule has 0 saturated carbocycles. The molecule has 6 nitrogen and oxygen atoms in total. The van der Waals surface area contributed by atoms with E-state index in [-0.39, 0.29) is 18.0 Å². The summed E-state index contributed by atoms with van der Waals surface area (Å²) in [5, 5.41) is 14.1. The molecule has 4 rings (SSSR count). The molecule has 0 radical (unpaired) electrons. The number of isothiocyanates is 1. The van der Waals surface area contributed by atoms with Crippen LogP contribution < -0.4 is 27.2 Å². The summed E-state index contributed by atoms with van der Waals surface area (Å²) >= 11 is 4.75. The maximum atomic E-state index is 12.1. The van der Waals surface area contributed by atoms with E-state index in [1.807, 2.05) is 74.1 Å². The molecule has 1 aliphatic carbocycles. The van der Waals surface area contributed by atoms with Crippen LogP contribution in [0.5, 0.6) is 0 Å². The number of halogens is 1. The lowest BCUT2D eigenvalue weighted by molar-refractivity contribution is -0.0000224. The van der Waals surface area contributed by atoms with Crippen molar-refractivity contribution in [2.24, 2.45) is 4.99 Å². The van der Waals surface area contributed by atoms with Gasteiger partial charge in [0.15, 0.2) is 0 Å². The Morgan fingerprint density at radius 3 is 2.45 bits per heavy atom. The van der Waals surface area contributed by atoms with Crippen LogP contribution in [-0.4, -0.2) is 44.4 Å². The van der Waals surface area contributed by atoms with Crippen molar-refractivity contribution >= 4 is 45.7 Å². The maximum absolute atomic E-state index is 12.1. The monoisotopic (exact) mass is 479 g/mol. The van der Waals surface area contributed by atoms with Crippen LogP contribution in [0.25, 0.3) is 33.4 Å². The average Bonchev–Trinajstić information content (AvgIpc) is 2.76. The van der Waals surface area contributed by atoms with Crippen LogP contribution in [0.1, 0.15) is 10.4 Å². The highest BCUT2D eigenvalue weighted by Crippen LogP contribution is 2.42. The van der Waals surface area contributed by atoms with E-state index < -0.39 is 5.97 Å². The van der Waals surface area contributed by atoms with E-state index in [0.717, 1.165) is 27.6 Å². The summed E-state index contributed by atoms with van der Waals surface area (Å²) in [7, 11) is 7.84. The summed E-state index contributed by atoms with van der Waals surface area (Å²) in [5.41, 5.74) is 4.49. The minimum absolute atomic E-state index is 0. The lowest BCUT2D eigenvalue weighted by Crippen LogP contribution is -3.00. The van der Waals surface area contributed by atoms with Crippen LogP contribution in [0.4, 0.5) is 11.4 Å². The fraction of sp³-hybridized carbons (Fsp3) is 0.160. The molecule has 2 aliphatic rings. The Morgan fingerprint density at radius 2 is 1.82 bits per heavy atom. The second-order valence-electron chi connectivity index (χ2n) is 7.86. The number of rotatable bonds is 4. The standard InChI is InChI=1S/C25H21N3O3S.ClH/c1-27(2)16-6-9-19-22(12-16)31-23-13-17(28(3)4)7-10-20(23)24(19)21-11-15(26-14-32)5-8-18(21)25(29)30;/h5-13H,1-4H3;1H. The van der Waals surface area contributed by atoms with E-state index >= 15 is 0 Å². The molecule has 0 fully saturated rings. The van der Waals surface area contributed by atoms with Gasteiger partial charge in [-0.05, 0) is 54.2 Å². The van der Waals surface area contributed by atoms with E-state index in [0.29, 0.717) is 22.6 Å². The van der Waals surface area contributed by atoms with Crippen LogP contribution in [-0.2, 0) is 0 Å². The molecule has 0 bridgehead atoms. The number of aliphatic imine (C=N–C) groups is 1. The molecule has 0 saturated heterocycles. The molecule has 0 amide bonds. The van der Waals surface area contributed by atoms with Gasteiger partial charge in [-0.25, -0.2) is 9.37 Å². The molecule has 0 spiro atoms. The predicted octanol–water partition coefficient (Wildman–Crippen LogP) is 1.74. The summed E-state index contributed by atoms with van der Waals surface area (Å²) in [5.74, 6) is -0.357. The molecule has 0 atom stereocenters. The molecule has 168 valence electrons.